The molecule has 0 aromatic heterocycles. The molecule has 0 radical (unpaired) electrons. The number of benzene rings is 3. The Bertz CT molecular complexity index is 1140. The van der Waals surface area contributed by atoms with Crippen LogP contribution in [0.3, 0.4) is 0 Å². The second-order valence-electron chi connectivity index (χ2n) is 6.78. The number of oxime groups is 1. The highest BCUT2D eigenvalue weighted by molar-refractivity contribution is 7.87. The second-order valence-corrected chi connectivity index (χ2v) is 8.30. The minimum absolute atomic E-state index is 0.126. The lowest BCUT2D eigenvalue weighted by Gasteiger charge is -2.09. The summed E-state index contributed by atoms with van der Waals surface area (Å²) in [6, 6.07) is 24.9. The maximum absolute atomic E-state index is 12.5. The number of hydrogen-bond acceptors (Lipinski definition) is 4. The van der Waals surface area contributed by atoms with Crippen LogP contribution < -0.4 is 0 Å². The molecule has 0 spiro atoms. The van der Waals surface area contributed by atoms with Gasteiger partial charge in [-0.2, -0.15) is 21.6 Å². The molecule has 162 valence electrons. The van der Waals surface area contributed by atoms with Gasteiger partial charge in [0.15, 0.2) is 0 Å². The Balaban J connectivity index is 1.81. The van der Waals surface area contributed by atoms with E-state index < -0.39 is 15.6 Å². The molecule has 0 atom stereocenters. The van der Waals surface area contributed by atoms with E-state index in [1.807, 2.05) is 54.6 Å². The van der Waals surface area contributed by atoms with E-state index in [0.29, 0.717) is 12.0 Å². The minimum atomic E-state index is -5.78. The molecule has 0 aliphatic carbocycles. The van der Waals surface area contributed by atoms with Crippen molar-refractivity contribution < 1.29 is 25.9 Å². The van der Waals surface area contributed by atoms with Crippen molar-refractivity contribution in [2.24, 2.45) is 5.16 Å². The largest absolute Gasteiger partial charge is 0.536 e. The van der Waals surface area contributed by atoms with Crippen molar-refractivity contribution in [3.63, 3.8) is 0 Å². The Labute approximate surface area is 179 Å². The highest BCUT2D eigenvalue weighted by Gasteiger charge is 2.49. The van der Waals surface area contributed by atoms with Crippen LogP contribution in [0.2, 0.25) is 0 Å². The average molecular weight is 447 g/mol. The Morgan fingerprint density at radius 3 is 1.71 bits per heavy atom. The summed E-state index contributed by atoms with van der Waals surface area (Å²) < 4.78 is 63.5. The lowest BCUT2D eigenvalue weighted by atomic mass is 9.98. The Hall–Kier alpha value is -3.13. The SMILES string of the molecule is CCCC(=NOS(=O)(=O)C(F)(F)F)c1ccc(-c2ccc(-c3ccccc3)cc2)cc1. The molecule has 0 saturated heterocycles. The van der Waals surface area contributed by atoms with E-state index in [4.69, 9.17) is 0 Å². The van der Waals surface area contributed by atoms with Gasteiger partial charge in [0.2, 0.25) is 0 Å². The Morgan fingerprint density at radius 2 is 1.26 bits per heavy atom. The van der Waals surface area contributed by atoms with Crippen LogP contribution in [-0.2, 0) is 14.4 Å². The van der Waals surface area contributed by atoms with E-state index in [2.05, 4.69) is 9.44 Å². The fourth-order valence-corrected chi connectivity index (χ4v) is 3.23. The number of alkyl halides is 3. The standard InChI is InChI=1S/C23H20F3NO3S/c1-2-6-22(27-30-31(28,29)23(24,25)26)21-15-13-20(14-16-21)19-11-9-18(10-12-19)17-7-4-3-5-8-17/h3-5,7-16H,2,6H2,1H3. The molecular formula is C23H20F3NO3S. The van der Waals surface area contributed by atoms with Gasteiger partial charge < -0.3 is 0 Å². The van der Waals surface area contributed by atoms with E-state index >= 15 is 0 Å². The first-order valence-electron chi connectivity index (χ1n) is 9.54. The fraction of sp³-hybridized carbons (Fsp3) is 0.174. The number of nitrogens with zero attached hydrogens (tertiary/aromatic N) is 1. The van der Waals surface area contributed by atoms with Gasteiger partial charge in [0.05, 0.1) is 5.71 Å². The zero-order valence-electron chi connectivity index (χ0n) is 16.6. The monoisotopic (exact) mass is 447 g/mol. The third-order valence-corrected chi connectivity index (χ3v) is 5.40. The van der Waals surface area contributed by atoms with Crippen LogP contribution in [-0.4, -0.2) is 19.6 Å². The topological polar surface area (TPSA) is 55.7 Å². The lowest BCUT2D eigenvalue weighted by Crippen LogP contribution is -2.24. The number of halogens is 3. The maximum atomic E-state index is 12.5. The summed E-state index contributed by atoms with van der Waals surface area (Å²) in [5, 5.41) is 3.28. The van der Waals surface area contributed by atoms with Crippen molar-refractivity contribution in [3.05, 3.63) is 84.4 Å². The first-order valence-corrected chi connectivity index (χ1v) is 10.9. The van der Waals surface area contributed by atoms with Crippen molar-refractivity contribution in [2.45, 2.75) is 25.3 Å². The zero-order chi connectivity index (χ0) is 22.5. The summed E-state index contributed by atoms with van der Waals surface area (Å²) in [6.45, 7) is 1.80. The van der Waals surface area contributed by atoms with E-state index in [-0.39, 0.29) is 12.1 Å². The molecular weight excluding hydrogens is 427 g/mol. The normalized spacial score (nSPS) is 12.6. The molecule has 0 amide bonds. The molecule has 0 fully saturated rings. The predicted molar refractivity (Wildman–Crippen MR) is 115 cm³/mol. The first-order chi connectivity index (χ1) is 14.7. The molecule has 0 bridgehead atoms. The van der Waals surface area contributed by atoms with Crippen LogP contribution >= 0.6 is 0 Å². The summed E-state index contributed by atoms with van der Waals surface area (Å²) in [6.07, 6.45) is 0.815. The van der Waals surface area contributed by atoms with Gasteiger partial charge >= 0.3 is 15.6 Å². The molecule has 4 nitrogen and oxygen atoms in total. The zero-order valence-corrected chi connectivity index (χ0v) is 17.5. The maximum Gasteiger partial charge on any atom is 0.536 e. The van der Waals surface area contributed by atoms with Gasteiger partial charge in [-0.1, -0.05) is 97.4 Å². The van der Waals surface area contributed by atoms with Gasteiger partial charge in [0.25, 0.3) is 0 Å². The van der Waals surface area contributed by atoms with Crippen LogP contribution in [0.5, 0.6) is 0 Å². The molecule has 0 aliphatic heterocycles. The highest BCUT2D eigenvalue weighted by atomic mass is 32.2. The number of rotatable bonds is 7. The van der Waals surface area contributed by atoms with Crippen molar-refractivity contribution in [2.75, 3.05) is 0 Å². The molecule has 0 aliphatic rings. The van der Waals surface area contributed by atoms with Crippen LogP contribution in [0.25, 0.3) is 22.3 Å². The van der Waals surface area contributed by atoms with Gasteiger partial charge in [-0.3, -0.25) is 4.28 Å². The summed E-state index contributed by atoms with van der Waals surface area (Å²) in [5.41, 5.74) is -0.840. The van der Waals surface area contributed by atoms with Gasteiger partial charge in [-0.25, -0.2) is 0 Å². The Morgan fingerprint density at radius 1 is 0.806 bits per heavy atom. The van der Waals surface area contributed by atoms with Crippen LogP contribution in [0.15, 0.2) is 84.0 Å². The molecule has 8 heteroatoms. The first kappa shape index (κ1) is 22.6. The van der Waals surface area contributed by atoms with Crippen molar-refractivity contribution in [1.29, 1.82) is 0 Å². The van der Waals surface area contributed by atoms with Crippen molar-refractivity contribution in [3.8, 4) is 22.3 Å². The van der Waals surface area contributed by atoms with E-state index in [9.17, 15) is 21.6 Å². The third-order valence-electron chi connectivity index (χ3n) is 4.56. The molecule has 0 heterocycles. The molecule has 0 unspecified atom stereocenters. The second kappa shape index (κ2) is 9.34. The van der Waals surface area contributed by atoms with Crippen LogP contribution in [0, 0.1) is 0 Å². The van der Waals surface area contributed by atoms with Crippen LogP contribution in [0.4, 0.5) is 13.2 Å². The van der Waals surface area contributed by atoms with Gasteiger partial charge in [0, 0.05) is 0 Å². The molecule has 3 aromatic rings. The summed E-state index contributed by atoms with van der Waals surface area (Å²) in [7, 11) is -5.78. The molecule has 3 aromatic carbocycles. The van der Waals surface area contributed by atoms with Crippen LogP contribution in [0.1, 0.15) is 25.3 Å². The summed E-state index contributed by atoms with van der Waals surface area (Å²) in [4.78, 5) is 0. The van der Waals surface area contributed by atoms with Crippen molar-refractivity contribution in [1.82, 2.24) is 0 Å². The molecule has 0 N–H and O–H groups in total. The summed E-state index contributed by atoms with van der Waals surface area (Å²) in [5.74, 6) is 0. The quantitative estimate of drug-likeness (QED) is 0.240. The van der Waals surface area contributed by atoms with Gasteiger partial charge in [-0.15, -0.1) is 0 Å². The number of hydrogen-bond donors (Lipinski definition) is 0. The lowest BCUT2D eigenvalue weighted by molar-refractivity contribution is -0.0540. The van der Waals surface area contributed by atoms with Gasteiger partial charge in [0.1, 0.15) is 0 Å². The molecule has 31 heavy (non-hydrogen) atoms. The minimum Gasteiger partial charge on any atom is -0.262 e. The van der Waals surface area contributed by atoms with E-state index in [1.165, 1.54) is 0 Å². The fourth-order valence-electron chi connectivity index (χ4n) is 2.96. The smallest absolute Gasteiger partial charge is 0.262 e. The van der Waals surface area contributed by atoms with E-state index in [1.54, 1.807) is 31.2 Å². The van der Waals surface area contributed by atoms with Gasteiger partial charge in [-0.05, 0) is 34.2 Å². The molecule has 3 rings (SSSR count). The highest BCUT2D eigenvalue weighted by Crippen LogP contribution is 2.27. The third kappa shape index (κ3) is 5.52. The van der Waals surface area contributed by atoms with Crippen molar-refractivity contribution >= 4 is 15.8 Å². The summed E-state index contributed by atoms with van der Waals surface area (Å²) >= 11 is 0. The Kier molecular flexibility index (Phi) is 6.80. The molecule has 0 saturated carbocycles. The van der Waals surface area contributed by atoms with E-state index in [0.717, 1.165) is 22.3 Å². The predicted octanol–water partition coefficient (Wildman–Crippen LogP) is 6.39. The average Bonchev–Trinajstić information content (AvgIpc) is 2.77.